The first-order chi connectivity index (χ1) is 40.5. The molecule has 5 aliphatic carbocycles. The highest BCUT2D eigenvalue weighted by molar-refractivity contribution is 5.80. The van der Waals surface area contributed by atoms with Crippen LogP contribution in [0.2, 0.25) is 0 Å². The molecule has 0 unspecified atom stereocenters. The van der Waals surface area contributed by atoms with Gasteiger partial charge in [-0.25, -0.2) is 4.79 Å². The molecule has 4 saturated carbocycles. The van der Waals surface area contributed by atoms with E-state index in [0.717, 1.165) is 5.57 Å². The van der Waals surface area contributed by atoms with E-state index in [1.54, 1.807) is 0 Å². The van der Waals surface area contributed by atoms with Crippen molar-refractivity contribution in [2.75, 3.05) is 13.2 Å². The van der Waals surface area contributed by atoms with E-state index in [-0.39, 0.29) is 31.6 Å². The molecular formula is C58H90O29. The maximum atomic E-state index is 15.7. The molecule has 5 heterocycles. The third-order valence-electron chi connectivity index (χ3n) is 22.7. The second-order valence-electron chi connectivity index (χ2n) is 28.2. The zero-order valence-corrected chi connectivity index (χ0v) is 49.9. The molecular weight excluding hydrogens is 1160 g/mol. The third-order valence-corrected chi connectivity index (χ3v) is 22.7. The number of carbonyl (C=O) groups is 3. The minimum atomic E-state index is -2.05. The number of aliphatic carboxylic acids is 2. The fourth-order valence-electron chi connectivity index (χ4n) is 17.5. The SMILES string of the molecule is C[C@@H]1O[C@@H](O[C@H]2[C@H](OC(=O)[C@]34CCC(C)(C)C[C@H]3C3=CC[C@@H]5[C@@]6(C)C[C@H](O)[C@H](O[C@@H]7O[C@H](C(=O)O)[C@@H](O)[C@H](O)[C@H]7O)[C@@](C)(C(=O)O)[C@@H]6CC[C@@]5(C)[C@]3(C)C[C@H]4O)O[C@@H](C)[C@H](O)[C@H]2O)[C@H](O[C@@H]2OC[C@@H](O)[C@H](O[C@@H]3OC[C@@H](O)[C@H](O)[C@H]3O)[C@H]2O)[C@H](O)[C@H]1O. The molecule has 9 fully saturated rings. The standard InChI is InChI=1S/C58H90O29/c1-20-30(63)34(67)42(84-47-39(72)40(26(61)19-79-47)82-46-37(70)32(65)25(60)18-78-46)49(80-20)85-43-35(68)31(64)21(2)81-50(43)87-52(77)58-14-13-53(3,4)15-23(58)22-9-10-27-54(5)16-24(59)44(86-48-38(71)33(66)36(69)41(83-48)45(73)74)57(8,51(75)76)28(54)11-12-55(27,6)56(22,7)17-29(58)62/h9,20-21,23-44,46-50,59-72H,10-19H2,1-8H3,(H,73,74)(H,75,76)/t20-,21-,23-,24-,25+,26+,27+,28+,29+,30-,31-,32-,33-,34+,35+,36-,37+,38+,39+,40-,41-,42+,43+,44-,46-,47-,48-,49-,50-,54+,55+,56+,57-,58+/m0/s1. The van der Waals surface area contributed by atoms with Gasteiger partial charge < -0.3 is 129 Å². The first kappa shape index (κ1) is 67.1. The summed E-state index contributed by atoms with van der Waals surface area (Å²) >= 11 is 0. The van der Waals surface area contributed by atoms with Crippen molar-refractivity contribution in [3.05, 3.63) is 11.6 Å². The van der Waals surface area contributed by atoms with Gasteiger partial charge >= 0.3 is 17.9 Å². The molecule has 0 aromatic heterocycles. The predicted octanol–water partition coefficient (Wildman–Crippen LogP) is -3.78. The number of fused-ring (bicyclic) bond motifs is 7. The summed E-state index contributed by atoms with van der Waals surface area (Å²) < 4.78 is 58.9. The highest BCUT2D eigenvalue weighted by Gasteiger charge is 2.74. The summed E-state index contributed by atoms with van der Waals surface area (Å²) in [7, 11) is 0. The fourth-order valence-corrected chi connectivity index (χ4v) is 17.5. The van der Waals surface area contributed by atoms with Crippen LogP contribution < -0.4 is 0 Å². The maximum absolute atomic E-state index is 15.7. The number of aliphatic hydroxyl groups excluding tert-OH is 14. The average molecular weight is 1250 g/mol. The number of rotatable bonds is 12. The van der Waals surface area contributed by atoms with Crippen molar-refractivity contribution in [3.8, 4) is 0 Å². The lowest BCUT2D eigenvalue weighted by Gasteiger charge is -2.71. The van der Waals surface area contributed by atoms with Gasteiger partial charge in [0.2, 0.25) is 6.29 Å². The number of ether oxygens (including phenoxy) is 10. The van der Waals surface area contributed by atoms with E-state index >= 15 is 4.79 Å². The van der Waals surface area contributed by atoms with Crippen molar-refractivity contribution in [2.45, 2.75) is 266 Å². The molecule has 0 amide bonds. The van der Waals surface area contributed by atoms with Crippen LogP contribution in [0.1, 0.15) is 107 Å². The van der Waals surface area contributed by atoms with Crippen molar-refractivity contribution in [1.29, 1.82) is 0 Å². The topological polar surface area (TPSA) is 467 Å². The van der Waals surface area contributed by atoms with Crippen LogP contribution in [0, 0.1) is 50.2 Å². The molecule has 0 bridgehead atoms. The Morgan fingerprint density at radius 3 is 1.71 bits per heavy atom. The van der Waals surface area contributed by atoms with Gasteiger partial charge in [-0.2, -0.15) is 0 Å². The number of hydrogen-bond donors (Lipinski definition) is 16. The second kappa shape index (κ2) is 24.0. The Labute approximate surface area is 501 Å². The number of hydrogen-bond acceptors (Lipinski definition) is 27. The van der Waals surface area contributed by atoms with Gasteiger partial charge in [0.1, 0.15) is 97.0 Å². The minimum absolute atomic E-state index is 0.00646. The number of aliphatic hydroxyl groups is 14. The number of carbonyl (C=O) groups excluding carboxylic acids is 1. The van der Waals surface area contributed by atoms with E-state index in [2.05, 4.69) is 26.8 Å². The van der Waals surface area contributed by atoms with Crippen molar-refractivity contribution >= 4 is 17.9 Å². The molecule has 0 aromatic rings. The summed E-state index contributed by atoms with van der Waals surface area (Å²) in [5, 5.41) is 177. The van der Waals surface area contributed by atoms with E-state index in [1.165, 1.54) is 20.8 Å². The zero-order chi connectivity index (χ0) is 63.9. The van der Waals surface area contributed by atoms with Gasteiger partial charge in [-0.3, -0.25) is 9.59 Å². The quantitative estimate of drug-likeness (QED) is 0.0506. The molecule has 10 aliphatic rings. The molecule has 0 radical (unpaired) electrons. The summed E-state index contributed by atoms with van der Waals surface area (Å²) in [6, 6.07) is 0. The summed E-state index contributed by atoms with van der Waals surface area (Å²) in [6.07, 6.45) is -41.4. The normalized spacial score (nSPS) is 55.0. The lowest BCUT2D eigenvalue weighted by molar-refractivity contribution is -0.388. The van der Waals surface area contributed by atoms with Gasteiger partial charge in [0.15, 0.2) is 37.4 Å². The molecule has 10 rings (SSSR count). The molecule has 0 aromatic carbocycles. The van der Waals surface area contributed by atoms with Crippen molar-refractivity contribution < 1.29 is 143 Å². The lowest BCUT2D eigenvalue weighted by atomic mass is 9.33. The minimum Gasteiger partial charge on any atom is -0.481 e. The Morgan fingerprint density at radius 1 is 0.529 bits per heavy atom. The Kier molecular flexibility index (Phi) is 18.5. The van der Waals surface area contributed by atoms with Gasteiger partial charge in [0.25, 0.3) is 0 Å². The number of esters is 1. The maximum Gasteiger partial charge on any atom is 0.335 e. The van der Waals surface area contributed by atoms with E-state index in [4.69, 9.17) is 47.4 Å². The highest BCUT2D eigenvalue weighted by Crippen LogP contribution is 2.76. The Balaban J connectivity index is 0.917. The van der Waals surface area contributed by atoms with Crippen LogP contribution in [-0.4, -0.2) is 272 Å². The Morgan fingerprint density at radius 2 is 1.09 bits per heavy atom. The van der Waals surface area contributed by atoms with Crippen molar-refractivity contribution in [1.82, 2.24) is 0 Å². The average Bonchev–Trinajstić information content (AvgIpc) is 0.689. The molecule has 0 spiro atoms. The fraction of sp³-hybridized carbons (Fsp3) is 0.914. The predicted molar refractivity (Wildman–Crippen MR) is 286 cm³/mol. The first-order valence-electron chi connectivity index (χ1n) is 30.2. The van der Waals surface area contributed by atoms with Crippen LogP contribution in [0.15, 0.2) is 11.6 Å². The number of carboxylic acid groups (broad SMARTS) is 2. The van der Waals surface area contributed by atoms with Gasteiger partial charge in [-0.1, -0.05) is 46.3 Å². The third kappa shape index (κ3) is 10.8. The molecule has 34 atom stereocenters. The van der Waals surface area contributed by atoms with E-state index in [0.29, 0.717) is 25.7 Å². The lowest BCUT2D eigenvalue weighted by Crippen LogP contribution is -2.71. The molecule has 5 saturated heterocycles. The molecule has 29 heteroatoms. The van der Waals surface area contributed by atoms with Crippen LogP contribution in [0.4, 0.5) is 0 Å². The van der Waals surface area contributed by atoms with Gasteiger partial charge in [0.05, 0.1) is 43.0 Å². The summed E-state index contributed by atoms with van der Waals surface area (Å²) in [5.41, 5.74) is -5.70. The van der Waals surface area contributed by atoms with E-state index in [9.17, 15) is 91.3 Å². The summed E-state index contributed by atoms with van der Waals surface area (Å²) in [4.78, 5) is 41.4. The molecule has 16 N–H and O–H groups in total. The Bertz CT molecular complexity index is 2560. The van der Waals surface area contributed by atoms with Gasteiger partial charge in [-0.15, -0.1) is 0 Å². The molecule has 29 nitrogen and oxygen atoms in total. The Hall–Kier alpha value is -2.77. The summed E-state index contributed by atoms with van der Waals surface area (Å²) in [5.74, 6) is -5.74. The first-order valence-corrected chi connectivity index (χ1v) is 30.2. The van der Waals surface area contributed by atoms with E-state index < -0.39 is 235 Å². The van der Waals surface area contributed by atoms with Crippen molar-refractivity contribution in [3.63, 3.8) is 0 Å². The summed E-state index contributed by atoms with van der Waals surface area (Å²) in [6.45, 7) is 13.3. The van der Waals surface area contributed by atoms with E-state index in [1.807, 2.05) is 13.8 Å². The van der Waals surface area contributed by atoms with Gasteiger partial charge in [0, 0.05) is 0 Å². The smallest absolute Gasteiger partial charge is 0.335 e. The number of carboxylic acids is 2. The van der Waals surface area contributed by atoms with Crippen LogP contribution in [0.5, 0.6) is 0 Å². The van der Waals surface area contributed by atoms with Crippen molar-refractivity contribution in [2.24, 2.45) is 50.2 Å². The van der Waals surface area contributed by atoms with Crippen LogP contribution >= 0.6 is 0 Å². The largest absolute Gasteiger partial charge is 0.481 e. The monoisotopic (exact) mass is 1250 g/mol. The van der Waals surface area contributed by atoms with Crippen LogP contribution in [-0.2, 0) is 61.8 Å². The van der Waals surface area contributed by atoms with Gasteiger partial charge in [-0.05, 0) is 112 Å². The molecule has 496 valence electrons. The number of allylic oxidation sites excluding steroid dienone is 2. The molecule has 5 aliphatic heterocycles. The van der Waals surface area contributed by atoms with Crippen LogP contribution in [0.3, 0.4) is 0 Å². The van der Waals surface area contributed by atoms with Crippen LogP contribution in [0.25, 0.3) is 0 Å². The highest BCUT2D eigenvalue weighted by atomic mass is 16.8. The molecule has 87 heavy (non-hydrogen) atoms. The zero-order valence-electron chi connectivity index (χ0n) is 49.9. The second-order valence-corrected chi connectivity index (χ2v) is 28.2.